The molecule has 3 rings (SSSR count). The Morgan fingerprint density at radius 2 is 1.89 bits per heavy atom. The van der Waals surface area contributed by atoms with Gasteiger partial charge in [0.1, 0.15) is 16.4 Å². The van der Waals surface area contributed by atoms with Gasteiger partial charge >= 0.3 is 0 Å². The van der Waals surface area contributed by atoms with Gasteiger partial charge in [-0.25, -0.2) is 8.42 Å². The Morgan fingerprint density at radius 1 is 1.14 bits per heavy atom. The van der Waals surface area contributed by atoms with Crippen LogP contribution in [0.1, 0.15) is 30.1 Å². The van der Waals surface area contributed by atoms with Gasteiger partial charge < -0.3 is 14.8 Å². The molecule has 0 aromatic heterocycles. The Morgan fingerprint density at radius 3 is 2.57 bits per heavy atom. The van der Waals surface area contributed by atoms with E-state index in [1.807, 2.05) is 0 Å². The van der Waals surface area contributed by atoms with E-state index in [9.17, 15) is 13.2 Å². The molecule has 150 valence electrons. The molecule has 0 spiro atoms. The molecular weight excluding hydrogens is 380 g/mol. The van der Waals surface area contributed by atoms with Gasteiger partial charge in [0.05, 0.1) is 13.7 Å². The van der Waals surface area contributed by atoms with Gasteiger partial charge in [-0.1, -0.05) is 6.07 Å². The first-order valence-corrected chi connectivity index (χ1v) is 10.6. The summed E-state index contributed by atoms with van der Waals surface area (Å²) in [5.41, 5.74) is 0.797. The number of nitrogens with one attached hydrogen (secondary N) is 1. The van der Waals surface area contributed by atoms with Crippen LogP contribution in [0.4, 0.5) is 5.69 Å². The molecule has 1 fully saturated rings. The van der Waals surface area contributed by atoms with Crippen molar-refractivity contribution in [3.8, 4) is 11.5 Å². The van der Waals surface area contributed by atoms with E-state index < -0.39 is 15.9 Å². The van der Waals surface area contributed by atoms with E-state index in [0.717, 1.165) is 12.8 Å². The van der Waals surface area contributed by atoms with Crippen molar-refractivity contribution < 1.29 is 22.7 Å². The molecule has 2 aromatic rings. The van der Waals surface area contributed by atoms with Crippen molar-refractivity contribution in [3.63, 3.8) is 0 Å². The van der Waals surface area contributed by atoms with Crippen LogP contribution in [0, 0.1) is 0 Å². The Bertz CT molecular complexity index is 953. The number of anilines is 1. The molecule has 0 unspecified atom stereocenters. The normalized spacial score (nSPS) is 14.6. The van der Waals surface area contributed by atoms with Crippen molar-refractivity contribution in [2.45, 2.75) is 24.7 Å². The van der Waals surface area contributed by atoms with Crippen LogP contribution in [-0.4, -0.2) is 45.4 Å². The zero-order valence-electron chi connectivity index (χ0n) is 16.0. The van der Waals surface area contributed by atoms with Gasteiger partial charge in [0.25, 0.3) is 5.91 Å². The van der Waals surface area contributed by atoms with Gasteiger partial charge in [-0.2, -0.15) is 4.31 Å². The second-order valence-corrected chi connectivity index (χ2v) is 8.30. The predicted molar refractivity (Wildman–Crippen MR) is 107 cm³/mol. The van der Waals surface area contributed by atoms with Crippen LogP contribution in [0.2, 0.25) is 0 Å². The van der Waals surface area contributed by atoms with Gasteiger partial charge in [0, 0.05) is 30.4 Å². The van der Waals surface area contributed by atoms with Gasteiger partial charge in [0.15, 0.2) is 0 Å². The third kappa shape index (κ3) is 4.28. The molecule has 28 heavy (non-hydrogen) atoms. The second kappa shape index (κ2) is 8.62. The highest BCUT2D eigenvalue weighted by Crippen LogP contribution is 2.30. The van der Waals surface area contributed by atoms with E-state index >= 15 is 0 Å². The van der Waals surface area contributed by atoms with Crippen molar-refractivity contribution in [1.82, 2.24) is 4.31 Å². The van der Waals surface area contributed by atoms with E-state index in [-0.39, 0.29) is 16.2 Å². The van der Waals surface area contributed by atoms with E-state index in [0.29, 0.717) is 31.1 Å². The van der Waals surface area contributed by atoms with Crippen molar-refractivity contribution in [1.29, 1.82) is 0 Å². The highest BCUT2D eigenvalue weighted by atomic mass is 32.2. The van der Waals surface area contributed by atoms with Crippen molar-refractivity contribution in [2.24, 2.45) is 0 Å². The number of rotatable bonds is 7. The van der Waals surface area contributed by atoms with Crippen LogP contribution >= 0.6 is 0 Å². The first-order chi connectivity index (χ1) is 13.5. The number of sulfonamides is 1. The zero-order valence-corrected chi connectivity index (χ0v) is 16.8. The number of carbonyl (C=O) groups is 1. The lowest BCUT2D eigenvalue weighted by molar-refractivity contribution is 0.102. The first-order valence-electron chi connectivity index (χ1n) is 9.18. The number of amides is 1. The number of benzene rings is 2. The van der Waals surface area contributed by atoms with Crippen LogP contribution in [-0.2, 0) is 10.0 Å². The summed E-state index contributed by atoms with van der Waals surface area (Å²) in [5.74, 6) is 0.461. The van der Waals surface area contributed by atoms with E-state index in [2.05, 4.69) is 5.32 Å². The van der Waals surface area contributed by atoms with E-state index in [1.54, 1.807) is 44.4 Å². The SMILES string of the molecule is CCOc1ccc(C(=O)Nc2cccc(OC)c2)cc1S(=O)(=O)N1CCCC1. The lowest BCUT2D eigenvalue weighted by Crippen LogP contribution is -2.28. The van der Waals surface area contributed by atoms with Gasteiger partial charge in [-0.05, 0) is 50.1 Å². The van der Waals surface area contributed by atoms with E-state index in [1.165, 1.54) is 16.4 Å². The highest BCUT2D eigenvalue weighted by molar-refractivity contribution is 7.89. The molecule has 2 aromatic carbocycles. The van der Waals surface area contributed by atoms with E-state index in [4.69, 9.17) is 9.47 Å². The molecule has 1 N–H and O–H groups in total. The Labute approximate surface area is 165 Å². The minimum absolute atomic E-state index is 0.0227. The Kier molecular flexibility index (Phi) is 6.21. The van der Waals surface area contributed by atoms with Crippen molar-refractivity contribution >= 4 is 21.6 Å². The fraction of sp³-hybridized carbons (Fsp3) is 0.350. The average Bonchev–Trinajstić information content (AvgIpc) is 3.24. The number of hydrogen-bond donors (Lipinski definition) is 1. The van der Waals surface area contributed by atoms with Gasteiger partial charge in [0.2, 0.25) is 10.0 Å². The summed E-state index contributed by atoms with van der Waals surface area (Å²) in [6.45, 7) is 3.08. The molecule has 0 aliphatic carbocycles. The second-order valence-electron chi connectivity index (χ2n) is 6.39. The molecule has 1 aliphatic heterocycles. The molecule has 0 bridgehead atoms. The molecule has 1 heterocycles. The molecule has 8 heteroatoms. The highest BCUT2D eigenvalue weighted by Gasteiger charge is 2.30. The summed E-state index contributed by atoms with van der Waals surface area (Å²) in [5, 5.41) is 2.76. The number of carbonyl (C=O) groups excluding carboxylic acids is 1. The fourth-order valence-electron chi connectivity index (χ4n) is 3.10. The summed E-state index contributed by atoms with van der Waals surface area (Å²) in [6, 6.07) is 11.4. The summed E-state index contributed by atoms with van der Waals surface area (Å²) in [7, 11) is -2.18. The summed E-state index contributed by atoms with van der Waals surface area (Å²) in [6.07, 6.45) is 1.67. The maximum atomic E-state index is 13.0. The lowest BCUT2D eigenvalue weighted by atomic mass is 10.2. The summed E-state index contributed by atoms with van der Waals surface area (Å²) in [4.78, 5) is 12.7. The minimum atomic E-state index is -3.72. The predicted octanol–water partition coefficient (Wildman–Crippen LogP) is 3.13. The quantitative estimate of drug-likeness (QED) is 0.766. The smallest absolute Gasteiger partial charge is 0.255 e. The van der Waals surface area contributed by atoms with Crippen LogP contribution < -0.4 is 14.8 Å². The van der Waals surface area contributed by atoms with Crippen molar-refractivity contribution in [3.05, 3.63) is 48.0 Å². The zero-order chi connectivity index (χ0) is 20.1. The Balaban J connectivity index is 1.92. The van der Waals surface area contributed by atoms with Crippen LogP contribution in [0.25, 0.3) is 0 Å². The van der Waals surface area contributed by atoms with Gasteiger partial charge in [-0.15, -0.1) is 0 Å². The molecule has 7 nitrogen and oxygen atoms in total. The van der Waals surface area contributed by atoms with Gasteiger partial charge in [-0.3, -0.25) is 4.79 Å². The Hall–Kier alpha value is -2.58. The number of hydrogen-bond acceptors (Lipinski definition) is 5. The molecule has 0 radical (unpaired) electrons. The van der Waals surface area contributed by atoms with Crippen LogP contribution in [0.5, 0.6) is 11.5 Å². The largest absolute Gasteiger partial charge is 0.497 e. The summed E-state index contributed by atoms with van der Waals surface area (Å²) < 4.78 is 38.2. The maximum absolute atomic E-state index is 13.0. The fourth-order valence-corrected chi connectivity index (χ4v) is 4.77. The minimum Gasteiger partial charge on any atom is -0.497 e. The van der Waals surface area contributed by atoms with Crippen LogP contribution in [0.15, 0.2) is 47.4 Å². The first kappa shape index (κ1) is 20.2. The maximum Gasteiger partial charge on any atom is 0.255 e. The van der Waals surface area contributed by atoms with Crippen molar-refractivity contribution in [2.75, 3.05) is 32.1 Å². The number of ether oxygens (including phenoxy) is 2. The monoisotopic (exact) mass is 404 g/mol. The number of methoxy groups -OCH3 is 1. The number of nitrogens with zero attached hydrogens (tertiary/aromatic N) is 1. The lowest BCUT2D eigenvalue weighted by Gasteiger charge is -2.19. The molecule has 1 saturated heterocycles. The average molecular weight is 404 g/mol. The third-order valence-corrected chi connectivity index (χ3v) is 6.44. The molecule has 0 atom stereocenters. The molecule has 0 saturated carbocycles. The third-order valence-electron chi connectivity index (χ3n) is 4.52. The standard InChI is InChI=1S/C20H24N2O5S/c1-3-27-18-10-9-15(13-19(18)28(24,25)22-11-4-5-12-22)20(23)21-16-7-6-8-17(14-16)26-2/h6-10,13-14H,3-5,11-12H2,1-2H3,(H,21,23). The molecule has 1 aliphatic rings. The van der Waals surface area contributed by atoms with Crippen LogP contribution in [0.3, 0.4) is 0 Å². The molecular formula is C20H24N2O5S. The molecule has 1 amide bonds. The topological polar surface area (TPSA) is 84.9 Å². The summed E-state index contributed by atoms with van der Waals surface area (Å²) >= 11 is 0.